The number of rotatable bonds is 9. The summed E-state index contributed by atoms with van der Waals surface area (Å²) in [6.07, 6.45) is -0.997. The van der Waals surface area contributed by atoms with Crippen LogP contribution in [0.4, 0.5) is 0 Å². The Balaban J connectivity index is 4.26. The zero-order valence-corrected chi connectivity index (χ0v) is 11.6. The van der Waals surface area contributed by atoms with Crippen molar-refractivity contribution in [1.29, 1.82) is 0 Å². The predicted molar refractivity (Wildman–Crippen MR) is 63.0 cm³/mol. The Hall–Kier alpha value is -0.990. The van der Waals surface area contributed by atoms with Crippen molar-refractivity contribution in [3.05, 3.63) is 0 Å². The molecule has 9 nitrogen and oxygen atoms in total. The highest BCUT2D eigenvalue weighted by atomic mass is 31.2. The molecular weight excluding hydrogens is 281 g/mol. The van der Waals surface area contributed by atoms with Crippen molar-refractivity contribution < 1.29 is 37.6 Å². The van der Waals surface area contributed by atoms with Gasteiger partial charge in [-0.1, -0.05) is 0 Å². The van der Waals surface area contributed by atoms with Gasteiger partial charge in [-0.3, -0.25) is 18.6 Å². The standard InChI is InChI=1S/C9H18NO8P/c1-7(11)15-5-9(18-8(2)12)6-17-19(13,14)16-4-3-10/h9H,3-6,10H2,1-2H3,(H,13,14)/t9-/m0/s1. The third-order valence-electron chi connectivity index (χ3n) is 1.60. The SMILES string of the molecule is CC(=O)OC[C@@H](COP(=O)(O)OCCN)OC(C)=O. The van der Waals surface area contributed by atoms with Crippen LogP contribution in [-0.4, -0.2) is 49.3 Å². The van der Waals surface area contributed by atoms with Crippen LogP contribution in [0.5, 0.6) is 0 Å². The van der Waals surface area contributed by atoms with E-state index in [1.807, 2.05) is 0 Å². The van der Waals surface area contributed by atoms with Gasteiger partial charge >= 0.3 is 19.8 Å². The third-order valence-corrected chi connectivity index (χ3v) is 2.59. The molecule has 19 heavy (non-hydrogen) atoms. The zero-order valence-electron chi connectivity index (χ0n) is 10.7. The van der Waals surface area contributed by atoms with Gasteiger partial charge in [0.1, 0.15) is 6.61 Å². The summed E-state index contributed by atoms with van der Waals surface area (Å²) in [7, 11) is -4.27. The summed E-state index contributed by atoms with van der Waals surface area (Å²) in [4.78, 5) is 30.6. The van der Waals surface area contributed by atoms with E-state index < -0.39 is 32.5 Å². The van der Waals surface area contributed by atoms with Crippen LogP contribution in [-0.2, 0) is 32.7 Å². The molecule has 0 saturated heterocycles. The first kappa shape index (κ1) is 18.0. The number of nitrogens with two attached hydrogens (primary N) is 1. The second-order valence-electron chi connectivity index (χ2n) is 3.42. The highest BCUT2D eigenvalue weighted by Gasteiger charge is 2.24. The Morgan fingerprint density at radius 2 is 1.84 bits per heavy atom. The second-order valence-corrected chi connectivity index (χ2v) is 4.87. The molecule has 0 amide bonds. The predicted octanol–water partition coefficient (Wildman–Crippen LogP) is -0.427. The van der Waals surface area contributed by atoms with Gasteiger partial charge < -0.3 is 20.1 Å². The van der Waals surface area contributed by atoms with Gasteiger partial charge in [-0.2, -0.15) is 0 Å². The first-order chi connectivity index (χ1) is 8.76. The fourth-order valence-corrected chi connectivity index (χ4v) is 1.71. The fraction of sp³-hybridized carbons (Fsp3) is 0.778. The molecular formula is C9H18NO8P. The van der Waals surface area contributed by atoms with Gasteiger partial charge in [0.25, 0.3) is 0 Å². The van der Waals surface area contributed by atoms with Gasteiger partial charge in [-0.25, -0.2) is 4.57 Å². The fourth-order valence-electron chi connectivity index (χ4n) is 0.944. The summed E-state index contributed by atoms with van der Waals surface area (Å²) in [6, 6.07) is 0. The van der Waals surface area contributed by atoms with Crippen LogP contribution in [0.15, 0.2) is 0 Å². The maximum atomic E-state index is 11.3. The van der Waals surface area contributed by atoms with Crippen LogP contribution < -0.4 is 5.73 Å². The van der Waals surface area contributed by atoms with Gasteiger partial charge in [0.2, 0.25) is 0 Å². The molecule has 0 aromatic heterocycles. The normalized spacial score (nSPS) is 15.4. The van der Waals surface area contributed by atoms with Gasteiger partial charge in [0.15, 0.2) is 6.10 Å². The monoisotopic (exact) mass is 299 g/mol. The minimum absolute atomic E-state index is 0.0503. The zero-order chi connectivity index (χ0) is 14.9. The largest absolute Gasteiger partial charge is 0.472 e. The molecule has 0 spiro atoms. The van der Waals surface area contributed by atoms with Crippen molar-refractivity contribution in [2.45, 2.75) is 20.0 Å². The summed E-state index contributed by atoms with van der Waals surface area (Å²) >= 11 is 0. The topological polar surface area (TPSA) is 134 Å². The van der Waals surface area contributed by atoms with Crippen LogP contribution >= 0.6 is 7.82 Å². The molecule has 0 radical (unpaired) electrons. The van der Waals surface area contributed by atoms with Crippen molar-refractivity contribution >= 4 is 19.8 Å². The maximum Gasteiger partial charge on any atom is 0.472 e. The second kappa shape index (κ2) is 9.00. The van der Waals surface area contributed by atoms with E-state index in [2.05, 4.69) is 13.8 Å². The average Bonchev–Trinajstić information content (AvgIpc) is 2.29. The molecule has 0 rings (SSSR count). The Morgan fingerprint density at radius 1 is 1.21 bits per heavy atom. The third kappa shape index (κ3) is 10.6. The number of hydrogen-bond acceptors (Lipinski definition) is 8. The summed E-state index contributed by atoms with van der Waals surface area (Å²) in [5.41, 5.74) is 5.10. The number of ether oxygens (including phenoxy) is 2. The highest BCUT2D eigenvalue weighted by Crippen LogP contribution is 2.42. The van der Waals surface area contributed by atoms with E-state index in [9.17, 15) is 19.0 Å². The first-order valence-corrected chi connectivity index (χ1v) is 6.89. The van der Waals surface area contributed by atoms with E-state index in [4.69, 9.17) is 10.5 Å². The summed E-state index contributed by atoms with van der Waals surface area (Å²) < 4.78 is 29.7. The smallest absolute Gasteiger partial charge is 0.462 e. The molecule has 1 unspecified atom stereocenters. The quantitative estimate of drug-likeness (QED) is 0.429. The van der Waals surface area contributed by atoms with Crippen LogP contribution in [0.25, 0.3) is 0 Å². The Labute approximate surface area is 110 Å². The molecule has 0 saturated carbocycles. The molecule has 0 aromatic rings. The maximum absolute atomic E-state index is 11.3. The number of phosphoric ester groups is 1. The van der Waals surface area contributed by atoms with Gasteiger partial charge in [-0.05, 0) is 0 Å². The first-order valence-electron chi connectivity index (χ1n) is 5.39. The van der Waals surface area contributed by atoms with Gasteiger partial charge in [0.05, 0.1) is 13.2 Å². The molecule has 0 fully saturated rings. The molecule has 0 aliphatic rings. The Morgan fingerprint density at radius 3 is 2.32 bits per heavy atom. The van der Waals surface area contributed by atoms with Gasteiger partial charge in [0, 0.05) is 20.4 Å². The van der Waals surface area contributed by atoms with Crippen molar-refractivity contribution in [3.8, 4) is 0 Å². The molecule has 112 valence electrons. The van der Waals surface area contributed by atoms with E-state index in [1.54, 1.807) is 0 Å². The van der Waals surface area contributed by atoms with Crippen LogP contribution in [0.3, 0.4) is 0 Å². The molecule has 0 heterocycles. The van der Waals surface area contributed by atoms with E-state index in [0.717, 1.165) is 6.92 Å². The number of hydrogen-bond donors (Lipinski definition) is 2. The Bertz CT molecular complexity index is 347. The average molecular weight is 299 g/mol. The molecule has 2 atom stereocenters. The summed E-state index contributed by atoms with van der Waals surface area (Å²) in [5, 5.41) is 0. The van der Waals surface area contributed by atoms with Crippen molar-refractivity contribution in [2.24, 2.45) is 5.73 Å². The van der Waals surface area contributed by atoms with Crippen molar-refractivity contribution in [1.82, 2.24) is 0 Å². The number of esters is 2. The molecule has 3 N–H and O–H groups in total. The lowest BCUT2D eigenvalue weighted by Gasteiger charge is -2.18. The van der Waals surface area contributed by atoms with Crippen LogP contribution in [0.2, 0.25) is 0 Å². The number of phosphoric acid groups is 1. The molecule has 0 aromatic carbocycles. The van der Waals surface area contributed by atoms with E-state index >= 15 is 0 Å². The van der Waals surface area contributed by atoms with E-state index in [-0.39, 0.29) is 19.8 Å². The van der Waals surface area contributed by atoms with Crippen LogP contribution in [0.1, 0.15) is 13.8 Å². The highest BCUT2D eigenvalue weighted by molar-refractivity contribution is 7.47. The van der Waals surface area contributed by atoms with E-state index in [0.29, 0.717) is 0 Å². The van der Waals surface area contributed by atoms with Gasteiger partial charge in [-0.15, -0.1) is 0 Å². The summed E-state index contributed by atoms with van der Waals surface area (Å²) in [6.45, 7) is 1.47. The Kier molecular flexibility index (Phi) is 8.53. The minimum atomic E-state index is -4.27. The molecule has 0 aliphatic carbocycles. The molecule has 10 heteroatoms. The minimum Gasteiger partial charge on any atom is -0.462 e. The van der Waals surface area contributed by atoms with Crippen molar-refractivity contribution in [3.63, 3.8) is 0 Å². The summed E-state index contributed by atoms with van der Waals surface area (Å²) in [5.74, 6) is -1.22. The lowest BCUT2D eigenvalue weighted by Crippen LogP contribution is -2.28. The molecule has 0 bridgehead atoms. The number of carbonyl (C=O) groups excluding carboxylic acids is 2. The van der Waals surface area contributed by atoms with Crippen LogP contribution in [0, 0.1) is 0 Å². The van der Waals surface area contributed by atoms with E-state index in [1.165, 1.54) is 6.92 Å². The lowest BCUT2D eigenvalue weighted by molar-refractivity contribution is -0.158. The molecule has 0 aliphatic heterocycles. The number of carbonyl (C=O) groups is 2. The van der Waals surface area contributed by atoms with Crippen molar-refractivity contribution in [2.75, 3.05) is 26.4 Å². The lowest BCUT2D eigenvalue weighted by atomic mass is 10.4.